The van der Waals surface area contributed by atoms with E-state index in [9.17, 15) is 39.9 Å². The van der Waals surface area contributed by atoms with Crippen LogP contribution in [0.1, 0.15) is 11.1 Å². The molecule has 7 N–H and O–H groups in total. The molecule has 0 aliphatic carbocycles. The molecule has 2 aromatic carbocycles. The third-order valence-corrected chi connectivity index (χ3v) is 4.41. The Kier molecular flexibility index (Phi) is 4.26. The normalized spacial score (nSPS) is 22.5. The number of benzene rings is 2. The summed E-state index contributed by atoms with van der Waals surface area (Å²) in [6.45, 7) is 0. The average Bonchev–Trinajstić information content (AvgIpc) is 2.50. The van der Waals surface area contributed by atoms with E-state index in [2.05, 4.69) is 0 Å². The Morgan fingerprint density at radius 3 is 2.35 bits per heavy atom. The molecule has 0 bridgehead atoms. The fourth-order valence-electron chi connectivity index (χ4n) is 2.77. The number of phenols is 4. The van der Waals surface area contributed by atoms with Gasteiger partial charge in [-0.15, -0.1) is 0 Å². The molecule has 2 atom stereocenters. The van der Waals surface area contributed by atoms with Crippen molar-refractivity contribution in [2.24, 2.45) is 0 Å². The van der Waals surface area contributed by atoms with Crippen molar-refractivity contribution < 1.29 is 49.1 Å². The van der Waals surface area contributed by atoms with Gasteiger partial charge in [0.05, 0.1) is 0 Å². The van der Waals surface area contributed by atoms with Crippen LogP contribution < -0.4 is 4.74 Å². The largest absolute Gasteiger partial charge is 0.508 e. The lowest BCUT2D eigenvalue weighted by Crippen LogP contribution is -2.50. The zero-order valence-electron chi connectivity index (χ0n) is 13.0. The molecular formula is C15H15O10P. The Hall–Kier alpha value is -2.49. The van der Waals surface area contributed by atoms with Gasteiger partial charge in [-0.25, -0.2) is 9.09 Å². The zero-order valence-corrected chi connectivity index (χ0v) is 13.9. The highest BCUT2D eigenvalue weighted by molar-refractivity contribution is 7.46. The maximum Gasteiger partial charge on any atom is 0.473 e. The summed E-state index contributed by atoms with van der Waals surface area (Å²) in [5.74, 6) is -4.60. The second-order valence-electron chi connectivity index (χ2n) is 5.72. The highest BCUT2D eigenvalue weighted by atomic mass is 31.2. The molecule has 2 unspecified atom stereocenters. The van der Waals surface area contributed by atoms with Crippen LogP contribution in [0.4, 0.5) is 0 Å². The molecule has 11 heteroatoms. The van der Waals surface area contributed by atoms with E-state index >= 15 is 0 Å². The molecule has 0 spiro atoms. The summed E-state index contributed by atoms with van der Waals surface area (Å²) < 4.78 is 21.7. The number of phosphoric ester groups is 1. The Bertz CT molecular complexity index is 908. The summed E-state index contributed by atoms with van der Waals surface area (Å²) in [5, 5.41) is 49.2. The van der Waals surface area contributed by atoms with E-state index < -0.39 is 42.7 Å². The number of hydrogen-bond acceptors (Lipinski definition) is 8. The molecule has 1 aliphatic rings. The van der Waals surface area contributed by atoms with Gasteiger partial charge in [0.2, 0.25) is 0 Å². The van der Waals surface area contributed by atoms with Gasteiger partial charge in [0, 0.05) is 29.7 Å². The summed E-state index contributed by atoms with van der Waals surface area (Å²) in [7, 11) is -5.22. The fourth-order valence-corrected chi connectivity index (χ4v) is 3.39. The maximum absolute atomic E-state index is 11.5. The molecular weight excluding hydrogens is 371 g/mol. The molecule has 0 radical (unpaired) electrons. The van der Waals surface area contributed by atoms with Crippen molar-refractivity contribution in [3.8, 4) is 28.7 Å². The number of ether oxygens (including phenoxy) is 1. The van der Waals surface area contributed by atoms with Gasteiger partial charge in [-0.3, -0.25) is 0 Å². The number of rotatable bonds is 3. The van der Waals surface area contributed by atoms with Crippen LogP contribution in [-0.4, -0.2) is 41.4 Å². The minimum Gasteiger partial charge on any atom is -0.508 e. The first-order valence-corrected chi connectivity index (χ1v) is 8.75. The molecule has 10 nitrogen and oxygen atoms in total. The van der Waals surface area contributed by atoms with E-state index in [0.717, 1.165) is 30.3 Å². The van der Waals surface area contributed by atoms with E-state index in [0.29, 0.717) is 0 Å². The third kappa shape index (κ3) is 3.16. The maximum atomic E-state index is 11.5. The molecule has 3 rings (SSSR count). The molecule has 0 saturated carbocycles. The Labute approximate surface area is 146 Å². The number of fused-ring (bicyclic) bond motifs is 1. The van der Waals surface area contributed by atoms with Gasteiger partial charge in [0.1, 0.15) is 23.4 Å². The lowest BCUT2D eigenvalue weighted by molar-refractivity contribution is -0.211. The number of aliphatic hydroxyl groups is 1. The number of aliphatic hydroxyl groups excluding tert-OH is 1. The van der Waals surface area contributed by atoms with E-state index in [-0.39, 0.29) is 23.3 Å². The predicted molar refractivity (Wildman–Crippen MR) is 84.7 cm³/mol. The molecule has 0 fully saturated rings. The zero-order chi connectivity index (χ0) is 19.3. The molecule has 26 heavy (non-hydrogen) atoms. The third-order valence-electron chi connectivity index (χ3n) is 3.90. The van der Waals surface area contributed by atoms with Crippen LogP contribution in [0.2, 0.25) is 0 Å². The Balaban J connectivity index is 2.20. The van der Waals surface area contributed by atoms with Gasteiger partial charge in [-0.2, -0.15) is 0 Å². The van der Waals surface area contributed by atoms with Gasteiger partial charge in [0.15, 0.2) is 11.5 Å². The van der Waals surface area contributed by atoms with Gasteiger partial charge >= 0.3 is 7.82 Å². The molecule has 0 amide bonds. The molecule has 0 aromatic heterocycles. The van der Waals surface area contributed by atoms with E-state index in [1.54, 1.807) is 0 Å². The van der Waals surface area contributed by atoms with E-state index in [1.807, 2.05) is 0 Å². The number of phenolic OH excluding ortho intramolecular Hbond substituents is 4. The van der Waals surface area contributed by atoms with Gasteiger partial charge in [-0.1, -0.05) is 0 Å². The smallest absolute Gasteiger partial charge is 0.473 e. The Morgan fingerprint density at radius 1 is 1.04 bits per heavy atom. The van der Waals surface area contributed by atoms with Crippen molar-refractivity contribution >= 4 is 7.82 Å². The van der Waals surface area contributed by atoms with Gasteiger partial charge in [0.25, 0.3) is 5.79 Å². The monoisotopic (exact) mass is 386 g/mol. The topological polar surface area (TPSA) is 177 Å². The van der Waals surface area contributed by atoms with Crippen LogP contribution in [0.15, 0.2) is 30.3 Å². The molecule has 2 aromatic rings. The van der Waals surface area contributed by atoms with Crippen LogP contribution in [0, 0.1) is 0 Å². The van der Waals surface area contributed by atoms with Crippen LogP contribution in [0.25, 0.3) is 0 Å². The van der Waals surface area contributed by atoms with Gasteiger partial charge in [-0.05, 0) is 18.2 Å². The summed E-state index contributed by atoms with van der Waals surface area (Å²) in [6.07, 6.45) is -2.06. The van der Waals surface area contributed by atoms with Crippen molar-refractivity contribution in [1.29, 1.82) is 0 Å². The minimum atomic E-state index is -5.22. The lowest BCUT2D eigenvalue weighted by atomic mass is 9.90. The second kappa shape index (κ2) is 6.04. The van der Waals surface area contributed by atoms with Crippen molar-refractivity contribution in [1.82, 2.24) is 0 Å². The quantitative estimate of drug-likeness (QED) is 0.294. The van der Waals surface area contributed by atoms with Crippen molar-refractivity contribution in [3.05, 3.63) is 41.5 Å². The van der Waals surface area contributed by atoms with Crippen LogP contribution in [-0.2, 0) is 21.3 Å². The van der Waals surface area contributed by atoms with Crippen LogP contribution >= 0.6 is 7.82 Å². The summed E-state index contributed by atoms with van der Waals surface area (Å²) in [5.41, 5.74) is -0.125. The highest BCUT2D eigenvalue weighted by Crippen LogP contribution is 2.53. The SMILES string of the molecule is O=P(O)(O)OC1(c2ccc(O)c(O)c2)Oc2cc(O)cc(O)c2CC1O. The second-order valence-corrected chi connectivity index (χ2v) is 6.88. The number of hydrogen-bond donors (Lipinski definition) is 7. The average molecular weight is 386 g/mol. The summed E-state index contributed by atoms with van der Waals surface area (Å²) >= 11 is 0. The minimum absolute atomic E-state index is 0.0863. The highest BCUT2D eigenvalue weighted by Gasteiger charge is 2.52. The number of phosphoric acid groups is 1. The Morgan fingerprint density at radius 2 is 1.73 bits per heavy atom. The standard InChI is InChI=1S/C15H15O10P/c16-8-4-11(18)9-6-14(20)15(24-13(9)5-8,25-26(21,22)23)7-1-2-10(17)12(19)3-7/h1-5,14,16-20H,6H2,(H2,21,22,23). The predicted octanol–water partition coefficient (Wildman–Crippen LogP) is 0.767. The first-order chi connectivity index (χ1) is 12.0. The summed E-state index contributed by atoms with van der Waals surface area (Å²) in [6, 6.07) is 5.13. The van der Waals surface area contributed by atoms with Crippen LogP contribution in [0.3, 0.4) is 0 Å². The first kappa shape index (κ1) is 18.3. The van der Waals surface area contributed by atoms with Crippen molar-refractivity contribution in [2.75, 3.05) is 0 Å². The molecule has 1 heterocycles. The lowest BCUT2D eigenvalue weighted by Gasteiger charge is -2.41. The summed E-state index contributed by atoms with van der Waals surface area (Å²) in [4.78, 5) is 18.6. The first-order valence-electron chi connectivity index (χ1n) is 7.22. The molecule has 1 aliphatic heterocycles. The van der Waals surface area contributed by atoms with E-state index in [4.69, 9.17) is 9.26 Å². The fraction of sp³-hybridized carbons (Fsp3) is 0.200. The van der Waals surface area contributed by atoms with Crippen molar-refractivity contribution in [2.45, 2.75) is 18.3 Å². The van der Waals surface area contributed by atoms with Crippen LogP contribution in [0.5, 0.6) is 28.7 Å². The van der Waals surface area contributed by atoms with E-state index in [1.165, 1.54) is 0 Å². The van der Waals surface area contributed by atoms with Crippen molar-refractivity contribution in [3.63, 3.8) is 0 Å². The molecule has 140 valence electrons. The number of aromatic hydroxyl groups is 4. The van der Waals surface area contributed by atoms with Gasteiger partial charge < -0.3 is 40.1 Å². The molecule has 0 saturated heterocycles.